The number of benzene rings is 2. The molecule has 1 aliphatic rings. The second-order valence-corrected chi connectivity index (χ2v) is 7.40. The molecule has 8 heteroatoms. The molecule has 1 amide bonds. The fourth-order valence-electron chi connectivity index (χ4n) is 3.56. The van der Waals surface area contributed by atoms with Crippen LogP contribution in [-0.4, -0.2) is 20.9 Å². The highest BCUT2D eigenvalue weighted by Crippen LogP contribution is 2.12. The van der Waals surface area contributed by atoms with Gasteiger partial charge in [0.05, 0.1) is 12.2 Å². The lowest BCUT2D eigenvalue weighted by Crippen LogP contribution is -2.44. The summed E-state index contributed by atoms with van der Waals surface area (Å²) in [6.45, 7) is 2.01. The monoisotopic (exact) mass is 420 g/mol. The van der Waals surface area contributed by atoms with Gasteiger partial charge in [-0.2, -0.15) is 9.78 Å². The van der Waals surface area contributed by atoms with Crippen molar-refractivity contribution in [3.63, 3.8) is 0 Å². The molecule has 4 rings (SSSR count). The SMILES string of the molecule is Cc1c2n(c(=O)n(Cc3ccccc3)c1=O)N=C(C(=O)NCc1ccc(F)cc1)CC2. The molecule has 0 saturated carbocycles. The molecule has 0 unspecified atom stereocenters. The summed E-state index contributed by atoms with van der Waals surface area (Å²) in [6.07, 6.45) is 0.683. The second kappa shape index (κ2) is 8.51. The Morgan fingerprint density at radius 2 is 1.74 bits per heavy atom. The van der Waals surface area contributed by atoms with E-state index in [1.165, 1.54) is 12.1 Å². The molecule has 0 fully saturated rings. The number of hydrogen-bond acceptors (Lipinski definition) is 4. The number of nitrogens with zero attached hydrogens (tertiary/aromatic N) is 3. The Kier molecular flexibility index (Phi) is 5.62. The van der Waals surface area contributed by atoms with Crippen LogP contribution >= 0.6 is 0 Å². The number of amides is 1. The number of aromatic nitrogens is 2. The third-order valence-corrected chi connectivity index (χ3v) is 5.30. The number of halogens is 1. The molecule has 1 N–H and O–H groups in total. The average molecular weight is 420 g/mol. The number of hydrogen-bond donors (Lipinski definition) is 1. The van der Waals surface area contributed by atoms with E-state index in [-0.39, 0.29) is 30.2 Å². The van der Waals surface area contributed by atoms with Gasteiger partial charge in [0.1, 0.15) is 11.5 Å². The first kappa shape index (κ1) is 20.5. The number of carbonyl (C=O) groups excluding carboxylic acids is 1. The van der Waals surface area contributed by atoms with Gasteiger partial charge in [-0.1, -0.05) is 42.5 Å². The molecule has 0 atom stereocenters. The quantitative estimate of drug-likeness (QED) is 0.685. The second-order valence-electron chi connectivity index (χ2n) is 7.40. The summed E-state index contributed by atoms with van der Waals surface area (Å²) in [7, 11) is 0. The Bertz CT molecular complexity index is 1280. The van der Waals surface area contributed by atoms with E-state index in [0.29, 0.717) is 24.1 Å². The van der Waals surface area contributed by atoms with E-state index in [2.05, 4.69) is 10.4 Å². The summed E-state index contributed by atoms with van der Waals surface area (Å²) < 4.78 is 15.3. The summed E-state index contributed by atoms with van der Waals surface area (Å²) in [6, 6.07) is 15.0. The van der Waals surface area contributed by atoms with Crippen LogP contribution < -0.4 is 16.6 Å². The lowest BCUT2D eigenvalue weighted by atomic mass is 10.1. The van der Waals surface area contributed by atoms with E-state index in [1.807, 2.05) is 30.3 Å². The number of nitrogens with one attached hydrogen (secondary N) is 1. The van der Waals surface area contributed by atoms with Crippen LogP contribution in [0.25, 0.3) is 0 Å². The van der Waals surface area contributed by atoms with Gasteiger partial charge in [0.2, 0.25) is 0 Å². The van der Waals surface area contributed by atoms with Crippen LogP contribution in [0.15, 0.2) is 69.3 Å². The smallest absolute Gasteiger partial charge is 0.347 e. The Morgan fingerprint density at radius 3 is 2.45 bits per heavy atom. The minimum Gasteiger partial charge on any atom is -0.347 e. The molecule has 0 saturated heterocycles. The predicted molar refractivity (Wildman–Crippen MR) is 115 cm³/mol. The van der Waals surface area contributed by atoms with Gasteiger partial charge >= 0.3 is 5.69 Å². The Balaban J connectivity index is 1.62. The summed E-state index contributed by atoms with van der Waals surface area (Å²) in [4.78, 5) is 38.4. The van der Waals surface area contributed by atoms with Crippen molar-refractivity contribution < 1.29 is 9.18 Å². The topological polar surface area (TPSA) is 85.5 Å². The molecule has 31 heavy (non-hydrogen) atoms. The molecule has 1 aromatic heterocycles. The van der Waals surface area contributed by atoms with E-state index in [1.54, 1.807) is 19.1 Å². The van der Waals surface area contributed by atoms with Gasteiger partial charge in [0.25, 0.3) is 11.5 Å². The standard InChI is InChI=1S/C23H21FN4O3/c1-15-20-12-11-19(21(29)25-13-16-7-9-18(24)10-8-16)26-28(20)23(31)27(22(15)30)14-17-5-3-2-4-6-17/h2-10H,11-14H2,1H3,(H,25,29). The largest absolute Gasteiger partial charge is 0.352 e. The van der Waals surface area contributed by atoms with Crippen molar-refractivity contribution in [3.05, 3.63) is 104 Å². The van der Waals surface area contributed by atoms with Gasteiger partial charge in [-0.15, -0.1) is 0 Å². The summed E-state index contributed by atoms with van der Waals surface area (Å²) >= 11 is 0. The average Bonchev–Trinajstić information content (AvgIpc) is 2.80. The minimum absolute atomic E-state index is 0.126. The van der Waals surface area contributed by atoms with Gasteiger partial charge in [-0.3, -0.25) is 14.2 Å². The number of carbonyl (C=O) groups is 1. The zero-order valence-electron chi connectivity index (χ0n) is 17.0. The molecule has 0 radical (unpaired) electrons. The summed E-state index contributed by atoms with van der Waals surface area (Å²) in [5, 5.41) is 7.01. The minimum atomic E-state index is -0.571. The van der Waals surface area contributed by atoms with Gasteiger partial charge in [0.15, 0.2) is 0 Å². The number of rotatable bonds is 5. The van der Waals surface area contributed by atoms with Crippen molar-refractivity contribution in [1.82, 2.24) is 14.6 Å². The van der Waals surface area contributed by atoms with E-state index < -0.39 is 11.6 Å². The van der Waals surface area contributed by atoms with Gasteiger partial charge in [0, 0.05) is 18.5 Å². The first-order chi connectivity index (χ1) is 14.9. The molecule has 0 spiro atoms. The lowest BCUT2D eigenvalue weighted by molar-refractivity contribution is -0.115. The third-order valence-electron chi connectivity index (χ3n) is 5.30. The van der Waals surface area contributed by atoms with E-state index in [4.69, 9.17) is 0 Å². The molecule has 0 aliphatic carbocycles. The molecule has 3 aromatic rings. The predicted octanol–water partition coefficient (Wildman–Crippen LogP) is 1.97. The maximum absolute atomic E-state index is 13.0. The fourth-order valence-corrected chi connectivity index (χ4v) is 3.56. The fraction of sp³-hybridized carbons (Fsp3) is 0.217. The summed E-state index contributed by atoms with van der Waals surface area (Å²) in [5.74, 6) is -0.750. The Hall–Kier alpha value is -3.81. The Labute approximate surface area is 177 Å². The van der Waals surface area contributed by atoms with Crippen LogP contribution in [0.1, 0.15) is 28.8 Å². The Morgan fingerprint density at radius 1 is 1.03 bits per heavy atom. The molecule has 158 valence electrons. The van der Waals surface area contributed by atoms with Crippen LogP contribution in [0.2, 0.25) is 0 Å². The van der Waals surface area contributed by atoms with Crippen molar-refractivity contribution in [1.29, 1.82) is 0 Å². The first-order valence-electron chi connectivity index (χ1n) is 9.94. The van der Waals surface area contributed by atoms with Crippen LogP contribution in [0.4, 0.5) is 4.39 Å². The lowest BCUT2D eigenvalue weighted by Gasteiger charge is -2.20. The van der Waals surface area contributed by atoms with Crippen molar-refractivity contribution in [2.75, 3.05) is 0 Å². The zero-order valence-corrected chi connectivity index (χ0v) is 17.0. The normalized spacial score (nSPS) is 12.8. The van der Waals surface area contributed by atoms with E-state index in [9.17, 15) is 18.8 Å². The van der Waals surface area contributed by atoms with E-state index in [0.717, 1.165) is 20.4 Å². The van der Waals surface area contributed by atoms with Crippen molar-refractivity contribution in [2.24, 2.45) is 5.10 Å². The third kappa shape index (κ3) is 4.23. The van der Waals surface area contributed by atoms with Crippen LogP contribution in [-0.2, 0) is 24.3 Å². The van der Waals surface area contributed by atoms with E-state index >= 15 is 0 Å². The zero-order chi connectivity index (χ0) is 22.0. The molecule has 2 aromatic carbocycles. The van der Waals surface area contributed by atoms with Gasteiger partial charge in [-0.05, 0) is 36.6 Å². The molecule has 2 heterocycles. The molecular weight excluding hydrogens is 399 g/mol. The van der Waals surface area contributed by atoms with Crippen molar-refractivity contribution in [2.45, 2.75) is 32.9 Å². The van der Waals surface area contributed by atoms with Crippen LogP contribution in [0.5, 0.6) is 0 Å². The summed E-state index contributed by atoms with van der Waals surface area (Å²) in [5.41, 5.74) is 1.83. The molecule has 7 nitrogen and oxygen atoms in total. The van der Waals surface area contributed by atoms with Crippen LogP contribution in [0.3, 0.4) is 0 Å². The van der Waals surface area contributed by atoms with Gasteiger partial charge in [-0.25, -0.2) is 9.18 Å². The number of fused-ring (bicyclic) bond motifs is 1. The highest BCUT2D eigenvalue weighted by Gasteiger charge is 2.23. The first-order valence-corrected chi connectivity index (χ1v) is 9.94. The van der Waals surface area contributed by atoms with Gasteiger partial charge < -0.3 is 5.32 Å². The maximum atomic E-state index is 13.0. The maximum Gasteiger partial charge on any atom is 0.352 e. The highest BCUT2D eigenvalue weighted by molar-refractivity contribution is 6.38. The molecule has 0 bridgehead atoms. The molecule has 1 aliphatic heterocycles. The van der Waals surface area contributed by atoms with Crippen molar-refractivity contribution in [3.8, 4) is 0 Å². The molecular formula is C23H21FN4O3. The van der Waals surface area contributed by atoms with Crippen molar-refractivity contribution >= 4 is 11.6 Å². The van der Waals surface area contributed by atoms with Crippen LogP contribution in [0, 0.1) is 12.7 Å². The highest BCUT2D eigenvalue weighted by atomic mass is 19.1.